The average Bonchev–Trinajstić information content (AvgIpc) is 2.80. The Balaban J connectivity index is 1.47. The number of carbonyl (C=O) groups is 1. The summed E-state index contributed by atoms with van der Waals surface area (Å²) in [6.45, 7) is 8.15. The first-order valence-corrected chi connectivity index (χ1v) is 11.3. The van der Waals surface area contributed by atoms with Crippen LogP contribution in [0.25, 0.3) is 11.0 Å². The molecule has 0 saturated carbocycles. The predicted molar refractivity (Wildman–Crippen MR) is 125 cm³/mol. The van der Waals surface area contributed by atoms with Crippen LogP contribution in [-0.2, 0) is 4.79 Å². The van der Waals surface area contributed by atoms with E-state index in [-0.39, 0.29) is 23.7 Å². The van der Waals surface area contributed by atoms with Crippen LogP contribution >= 0.6 is 0 Å². The van der Waals surface area contributed by atoms with Gasteiger partial charge in [0.25, 0.3) is 5.91 Å². The Labute approximate surface area is 192 Å². The fraction of sp³-hybridized carbons (Fsp3) is 0.385. The molecular formula is C26H29NO6. The molecule has 174 valence electrons. The molecule has 1 aromatic heterocycles. The first kappa shape index (κ1) is 22.7. The van der Waals surface area contributed by atoms with Crippen molar-refractivity contribution in [2.24, 2.45) is 11.8 Å². The lowest BCUT2D eigenvalue weighted by Gasteiger charge is -2.34. The number of amides is 1. The molecule has 1 saturated heterocycles. The molecule has 0 aliphatic carbocycles. The lowest BCUT2D eigenvalue weighted by Crippen LogP contribution is -2.44. The van der Waals surface area contributed by atoms with E-state index in [9.17, 15) is 9.59 Å². The summed E-state index contributed by atoms with van der Waals surface area (Å²) in [6, 6.07) is 12.0. The summed E-state index contributed by atoms with van der Waals surface area (Å²) in [6.07, 6.45) is 2.41. The van der Waals surface area contributed by atoms with Gasteiger partial charge in [-0.3, -0.25) is 9.59 Å². The first-order valence-electron chi connectivity index (χ1n) is 11.3. The Morgan fingerprint density at radius 3 is 2.48 bits per heavy atom. The molecule has 0 radical (unpaired) electrons. The van der Waals surface area contributed by atoms with Gasteiger partial charge in [0.2, 0.25) is 11.2 Å². The molecule has 2 aromatic carbocycles. The molecule has 2 heterocycles. The second-order valence-corrected chi connectivity index (χ2v) is 8.60. The molecular weight excluding hydrogens is 422 g/mol. The van der Waals surface area contributed by atoms with Gasteiger partial charge in [0.15, 0.2) is 18.1 Å². The van der Waals surface area contributed by atoms with Crippen molar-refractivity contribution in [3.8, 4) is 23.0 Å². The number of hydrogen-bond donors (Lipinski definition) is 0. The molecule has 0 bridgehead atoms. The van der Waals surface area contributed by atoms with Crippen molar-refractivity contribution in [3.05, 3.63) is 59.0 Å². The highest BCUT2D eigenvalue weighted by molar-refractivity contribution is 5.80. The minimum Gasteiger partial charge on any atom is -0.490 e. The summed E-state index contributed by atoms with van der Waals surface area (Å²) >= 11 is 0. The topological polar surface area (TPSA) is 78.2 Å². The van der Waals surface area contributed by atoms with Gasteiger partial charge < -0.3 is 23.5 Å². The molecule has 1 aliphatic rings. The maximum absolute atomic E-state index is 12.9. The van der Waals surface area contributed by atoms with Crippen LogP contribution in [-0.4, -0.2) is 37.1 Å². The second kappa shape index (κ2) is 9.98. The van der Waals surface area contributed by atoms with E-state index in [0.29, 0.717) is 46.7 Å². The van der Waals surface area contributed by atoms with Gasteiger partial charge in [0, 0.05) is 19.2 Å². The Morgan fingerprint density at radius 2 is 1.76 bits per heavy atom. The Hall–Kier alpha value is -3.48. The quantitative estimate of drug-likeness (QED) is 0.510. The van der Waals surface area contributed by atoms with Crippen molar-refractivity contribution < 1.29 is 23.4 Å². The summed E-state index contributed by atoms with van der Waals surface area (Å²) in [7, 11) is 0. The standard InChI is InChI=1S/C26H29NO6/c1-4-30-21-7-5-6-8-22(21)33-24-15-32-23-12-19(9-10-20(23)26(24)29)31-16-25(28)27-13-17(2)11-18(3)14-27/h5-10,12,15,17-18H,4,11,13-14,16H2,1-3H3/t17-,18-/m0/s1. The maximum atomic E-state index is 12.9. The van der Waals surface area contributed by atoms with E-state index in [0.717, 1.165) is 19.5 Å². The number of piperidine rings is 1. The Morgan fingerprint density at radius 1 is 1.03 bits per heavy atom. The molecule has 33 heavy (non-hydrogen) atoms. The normalized spacial score (nSPS) is 18.2. The molecule has 0 unspecified atom stereocenters. The molecule has 4 rings (SSSR count). The molecule has 0 N–H and O–H groups in total. The zero-order valence-corrected chi connectivity index (χ0v) is 19.2. The van der Waals surface area contributed by atoms with Crippen LogP contribution < -0.4 is 19.6 Å². The van der Waals surface area contributed by atoms with Crippen LogP contribution in [0, 0.1) is 11.8 Å². The van der Waals surface area contributed by atoms with Gasteiger partial charge in [-0.05, 0) is 49.4 Å². The molecule has 2 atom stereocenters. The number of hydrogen-bond acceptors (Lipinski definition) is 6. The van der Waals surface area contributed by atoms with E-state index in [1.165, 1.54) is 6.26 Å². The number of carbonyl (C=O) groups excluding carboxylic acids is 1. The van der Waals surface area contributed by atoms with Crippen LogP contribution in [0.2, 0.25) is 0 Å². The van der Waals surface area contributed by atoms with Crippen molar-refractivity contribution >= 4 is 16.9 Å². The van der Waals surface area contributed by atoms with E-state index in [4.69, 9.17) is 18.6 Å². The van der Waals surface area contributed by atoms with Crippen molar-refractivity contribution in [2.45, 2.75) is 27.2 Å². The Kier molecular flexibility index (Phi) is 6.87. The fourth-order valence-corrected chi connectivity index (χ4v) is 4.28. The molecule has 1 fully saturated rings. The van der Waals surface area contributed by atoms with Gasteiger partial charge in [0.05, 0.1) is 12.0 Å². The Bertz CT molecular complexity index is 1180. The average molecular weight is 452 g/mol. The number of ether oxygens (including phenoxy) is 3. The largest absolute Gasteiger partial charge is 0.490 e. The minimum atomic E-state index is -0.304. The van der Waals surface area contributed by atoms with E-state index in [1.807, 2.05) is 17.9 Å². The van der Waals surface area contributed by atoms with Crippen LogP contribution in [0.15, 0.2) is 57.9 Å². The number of para-hydroxylation sites is 2. The van der Waals surface area contributed by atoms with Gasteiger partial charge in [-0.15, -0.1) is 0 Å². The van der Waals surface area contributed by atoms with Gasteiger partial charge in [-0.1, -0.05) is 26.0 Å². The van der Waals surface area contributed by atoms with Crippen molar-refractivity contribution in [3.63, 3.8) is 0 Å². The highest BCUT2D eigenvalue weighted by Gasteiger charge is 2.25. The van der Waals surface area contributed by atoms with Gasteiger partial charge in [-0.25, -0.2) is 0 Å². The van der Waals surface area contributed by atoms with Crippen LogP contribution in [0.3, 0.4) is 0 Å². The SMILES string of the molecule is CCOc1ccccc1Oc1coc2cc(OCC(=O)N3C[C@@H](C)C[C@H](C)C3)ccc2c1=O. The van der Waals surface area contributed by atoms with E-state index in [1.54, 1.807) is 36.4 Å². The summed E-state index contributed by atoms with van der Waals surface area (Å²) in [5.74, 6) is 2.45. The van der Waals surface area contributed by atoms with Gasteiger partial charge >= 0.3 is 0 Å². The smallest absolute Gasteiger partial charge is 0.260 e. The zero-order valence-electron chi connectivity index (χ0n) is 19.2. The minimum absolute atomic E-state index is 0.0355. The lowest BCUT2D eigenvalue weighted by molar-refractivity contribution is -0.136. The second-order valence-electron chi connectivity index (χ2n) is 8.60. The number of fused-ring (bicyclic) bond motifs is 1. The monoisotopic (exact) mass is 451 g/mol. The molecule has 7 heteroatoms. The molecule has 1 aliphatic heterocycles. The van der Waals surface area contributed by atoms with Crippen LogP contribution in [0.1, 0.15) is 27.2 Å². The molecule has 7 nitrogen and oxygen atoms in total. The summed E-state index contributed by atoms with van der Waals surface area (Å²) < 4.78 is 22.7. The lowest BCUT2D eigenvalue weighted by atomic mass is 9.92. The third kappa shape index (κ3) is 5.30. The highest BCUT2D eigenvalue weighted by Crippen LogP contribution is 2.31. The zero-order chi connectivity index (χ0) is 23.4. The third-order valence-corrected chi connectivity index (χ3v) is 5.67. The van der Waals surface area contributed by atoms with Crippen molar-refractivity contribution in [1.82, 2.24) is 4.90 Å². The number of benzene rings is 2. The first-order chi connectivity index (χ1) is 15.9. The van der Waals surface area contributed by atoms with E-state index < -0.39 is 0 Å². The van der Waals surface area contributed by atoms with E-state index >= 15 is 0 Å². The summed E-state index contributed by atoms with van der Waals surface area (Å²) in [5.41, 5.74) is 0.0529. The number of nitrogens with zero attached hydrogens (tertiary/aromatic N) is 1. The van der Waals surface area contributed by atoms with Crippen LogP contribution in [0.5, 0.6) is 23.0 Å². The summed E-state index contributed by atoms with van der Waals surface area (Å²) in [4.78, 5) is 27.4. The predicted octanol–water partition coefficient (Wildman–Crippen LogP) is 4.87. The number of likely N-dealkylation sites (tertiary alicyclic amines) is 1. The maximum Gasteiger partial charge on any atom is 0.260 e. The van der Waals surface area contributed by atoms with Gasteiger partial charge in [0.1, 0.15) is 17.6 Å². The third-order valence-electron chi connectivity index (χ3n) is 5.67. The molecule has 0 spiro atoms. The molecule has 3 aromatic rings. The number of rotatable bonds is 7. The van der Waals surface area contributed by atoms with Gasteiger partial charge in [-0.2, -0.15) is 0 Å². The fourth-order valence-electron chi connectivity index (χ4n) is 4.28. The molecule has 1 amide bonds. The highest BCUT2D eigenvalue weighted by atomic mass is 16.5. The van der Waals surface area contributed by atoms with Crippen LogP contribution in [0.4, 0.5) is 0 Å². The van der Waals surface area contributed by atoms with E-state index in [2.05, 4.69) is 13.8 Å². The van der Waals surface area contributed by atoms with Crippen molar-refractivity contribution in [1.29, 1.82) is 0 Å². The van der Waals surface area contributed by atoms with Crippen molar-refractivity contribution in [2.75, 3.05) is 26.3 Å². The summed E-state index contributed by atoms with van der Waals surface area (Å²) in [5, 5.41) is 0.360.